The number of benzene rings is 1. The van der Waals surface area contributed by atoms with Crippen molar-refractivity contribution in [2.24, 2.45) is 0 Å². The van der Waals surface area contributed by atoms with Crippen LogP contribution in [0.25, 0.3) is 0 Å². The summed E-state index contributed by atoms with van der Waals surface area (Å²) in [6.45, 7) is 0. The summed E-state index contributed by atoms with van der Waals surface area (Å²) in [4.78, 5) is 7.55. The van der Waals surface area contributed by atoms with Crippen LogP contribution in [0.3, 0.4) is 0 Å². The Hall–Kier alpha value is -1.50. The van der Waals surface area contributed by atoms with Crippen LogP contribution >= 0.6 is 11.6 Å². The lowest BCUT2D eigenvalue weighted by atomic mass is 10.1. The van der Waals surface area contributed by atoms with Gasteiger partial charge in [-0.1, -0.05) is 24.3 Å². The number of hydrogen-bond acceptors (Lipinski definition) is 4. The highest BCUT2D eigenvalue weighted by molar-refractivity contribution is 7.89. The minimum atomic E-state index is -3.63. The summed E-state index contributed by atoms with van der Waals surface area (Å²) in [6.07, 6.45) is 4.14. The molecule has 1 aromatic heterocycles. The molecule has 110 valence electrons. The molecule has 7 heteroatoms. The van der Waals surface area contributed by atoms with Gasteiger partial charge in [0.25, 0.3) is 0 Å². The van der Waals surface area contributed by atoms with Crippen molar-refractivity contribution in [3.8, 4) is 0 Å². The Morgan fingerprint density at radius 3 is 2.62 bits per heavy atom. The third-order valence-corrected chi connectivity index (χ3v) is 5.83. The number of aromatic nitrogens is 2. The largest absolute Gasteiger partial charge is 0.246 e. The van der Waals surface area contributed by atoms with Gasteiger partial charge in [0.1, 0.15) is 4.90 Å². The summed E-state index contributed by atoms with van der Waals surface area (Å²) in [5, 5.41) is 0.0304. The lowest BCUT2D eigenvalue weighted by Gasteiger charge is -2.24. The van der Waals surface area contributed by atoms with E-state index >= 15 is 0 Å². The molecule has 2 aromatic rings. The topological polar surface area (TPSA) is 63.2 Å². The molecule has 5 nitrogen and oxygen atoms in total. The molecule has 1 aromatic carbocycles. The van der Waals surface area contributed by atoms with Crippen molar-refractivity contribution in [3.05, 3.63) is 53.1 Å². The fourth-order valence-electron chi connectivity index (χ4n) is 2.68. The number of halogens is 1. The minimum Gasteiger partial charge on any atom is -0.225 e. The molecular weight excluding hydrogens is 310 g/mol. The molecule has 1 atom stereocenters. The second kappa shape index (κ2) is 5.36. The van der Waals surface area contributed by atoms with Gasteiger partial charge in [0.2, 0.25) is 15.3 Å². The predicted molar refractivity (Wildman–Crippen MR) is 79.5 cm³/mol. The number of sulfonamides is 1. The van der Waals surface area contributed by atoms with Crippen molar-refractivity contribution in [1.29, 1.82) is 0 Å². The number of nitrogens with zero attached hydrogens (tertiary/aromatic N) is 3. The van der Waals surface area contributed by atoms with E-state index in [-0.39, 0.29) is 16.2 Å². The highest BCUT2D eigenvalue weighted by atomic mass is 35.5. The third kappa shape index (κ3) is 2.54. The van der Waals surface area contributed by atoms with Crippen molar-refractivity contribution in [1.82, 2.24) is 14.3 Å². The lowest BCUT2D eigenvalue weighted by Crippen LogP contribution is -2.30. The first-order valence-corrected chi connectivity index (χ1v) is 8.35. The first-order chi connectivity index (χ1) is 10.00. The summed E-state index contributed by atoms with van der Waals surface area (Å²) in [6, 6.07) is 7.78. The number of rotatable bonds is 3. The van der Waals surface area contributed by atoms with Crippen LogP contribution in [0.2, 0.25) is 5.28 Å². The van der Waals surface area contributed by atoms with E-state index in [9.17, 15) is 8.42 Å². The van der Waals surface area contributed by atoms with E-state index in [1.54, 1.807) is 7.05 Å². The molecule has 1 aliphatic rings. The summed E-state index contributed by atoms with van der Waals surface area (Å²) < 4.78 is 26.7. The number of fused-ring (bicyclic) bond motifs is 1. The second-order valence-electron chi connectivity index (χ2n) is 4.96. The summed E-state index contributed by atoms with van der Waals surface area (Å²) >= 11 is 5.60. The van der Waals surface area contributed by atoms with E-state index in [2.05, 4.69) is 9.97 Å². The molecule has 0 spiro atoms. The molecule has 0 N–H and O–H groups in total. The van der Waals surface area contributed by atoms with E-state index in [0.29, 0.717) is 0 Å². The molecule has 1 aliphatic carbocycles. The Morgan fingerprint density at radius 2 is 1.90 bits per heavy atom. The highest BCUT2D eigenvalue weighted by Crippen LogP contribution is 2.37. The molecule has 0 radical (unpaired) electrons. The number of hydrogen-bond donors (Lipinski definition) is 0. The number of aryl methyl sites for hydroxylation is 1. The van der Waals surface area contributed by atoms with Gasteiger partial charge in [0.15, 0.2) is 0 Å². The normalized spacial score (nSPS) is 18.0. The van der Waals surface area contributed by atoms with Gasteiger partial charge in [0, 0.05) is 7.05 Å². The van der Waals surface area contributed by atoms with Gasteiger partial charge in [0.05, 0.1) is 18.4 Å². The zero-order valence-electron chi connectivity index (χ0n) is 11.4. The van der Waals surface area contributed by atoms with Crippen molar-refractivity contribution in [2.75, 3.05) is 7.05 Å². The van der Waals surface area contributed by atoms with Gasteiger partial charge in [-0.25, -0.2) is 18.4 Å². The van der Waals surface area contributed by atoms with Crippen molar-refractivity contribution >= 4 is 21.6 Å². The zero-order valence-corrected chi connectivity index (χ0v) is 13.0. The van der Waals surface area contributed by atoms with E-state index in [4.69, 9.17) is 11.6 Å². The Kier molecular flexibility index (Phi) is 3.69. The van der Waals surface area contributed by atoms with E-state index in [1.165, 1.54) is 22.3 Å². The molecule has 0 aliphatic heterocycles. The van der Waals surface area contributed by atoms with Gasteiger partial charge in [-0.3, -0.25) is 0 Å². The first kappa shape index (κ1) is 14.4. The van der Waals surface area contributed by atoms with Gasteiger partial charge in [-0.05, 0) is 35.6 Å². The summed E-state index contributed by atoms with van der Waals surface area (Å²) in [7, 11) is -2.04. The molecular formula is C14H14ClN3O2S. The molecule has 21 heavy (non-hydrogen) atoms. The first-order valence-electron chi connectivity index (χ1n) is 6.53. The minimum absolute atomic E-state index is 0.0304. The molecule has 0 saturated carbocycles. The Morgan fingerprint density at radius 1 is 1.24 bits per heavy atom. The van der Waals surface area contributed by atoms with Gasteiger partial charge >= 0.3 is 0 Å². The van der Waals surface area contributed by atoms with Crippen LogP contribution in [0.15, 0.2) is 41.6 Å². The lowest BCUT2D eigenvalue weighted by molar-refractivity contribution is 0.374. The van der Waals surface area contributed by atoms with E-state index in [0.717, 1.165) is 18.4 Å². The molecule has 1 unspecified atom stereocenters. The van der Waals surface area contributed by atoms with E-state index < -0.39 is 10.0 Å². The van der Waals surface area contributed by atoms with Crippen LogP contribution in [-0.2, 0) is 16.4 Å². The maximum absolute atomic E-state index is 12.6. The van der Waals surface area contributed by atoms with Crippen LogP contribution in [0.5, 0.6) is 0 Å². The zero-order chi connectivity index (χ0) is 15.0. The van der Waals surface area contributed by atoms with Crippen molar-refractivity contribution < 1.29 is 8.42 Å². The maximum Gasteiger partial charge on any atom is 0.246 e. The molecule has 0 bridgehead atoms. The van der Waals surface area contributed by atoms with Crippen LogP contribution in [-0.4, -0.2) is 29.7 Å². The van der Waals surface area contributed by atoms with Crippen molar-refractivity contribution in [3.63, 3.8) is 0 Å². The third-order valence-electron chi connectivity index (χ3n) is 3.81. The SMILES string of the molecule is CN(C1CCc2ccccc21)S(=O)(=O)c1cnc(Cl)nc1. The van der Waals surface area contributed by atoms with Crippen LogP contribution in [0.4, 0.5) is 0 Å². The second-order valence-corrected chi connectivity index (χ2v) is 7.30. The Labute approximate surface area is 128 Å². The Bertz CT molecular complexity index is 762. The Balaban J connectivity index is 1.95. The van der Waals surface area contributed by atoms with Crippen LogP contribution in [0, 0.1) is 0 Å². The molecule has 3 rings (SSSR count). The standard InChI is InChI=1S/C14H14ClN3O2S/c1-18(13-7-6-10-4-2-3-5-12(10)13)21(19,20)11-8-16-14(15)17-9-11/h2-5,8-9,13H,6-7H2,1H3. The maximum atomic E-state index is 12.6. The molecule has 0 amide bonds. The summed E-state index contributed by atoms with van der Waals surface area (Å²) in [5.41, 5.74) is 2.27. The fraction of sp³-hybridized carbons (Fsp3) is 0.286. The highest BCUT2D eigenvalue weighted by Gasteiger charge is 2.33. The fourth-order valence-corrected chi connectivity index (χ4v) is 4.04. The molecule has 0 fully saturated rings. The van der Waals surface area contributed by atoms with Gasteiger partial charge in [-0.2, -0.15) is 4.31 Å². The van der Waals surface area contributed by atoms with E-state index in [1.807, 2.05) is 24.3 Å². The predicted octanol–water partition coefficient (Wildman–Crippen LogP) is 2.44. The van der Waals surface area contributed by atoms with Crippen LogP contribution in [0.1, 0.15) is 23.6 Å². The average Bonchev–Trinajstić information content (AvgIpc) is 2.90. The van der Waals surface area contributed by atoms with Gasteiger partial charge in [-0.15, -0.1) is 0 Å². The smallest absolute Gasteiger partial charge is 0.225 e. The average molecular weight is 324 g/mol. The quantitative estimate of drug-likeness (QED) is 0.814. The molecule has 1 heterocycles. The van der Waals surface area contributed by atoms with Crippen LogP contribution < -0.4 is 0 Å². The molecule has 0 saturated heterocycles. The summed E-state index contributed by atoms with van der Waals surface area (Å²) in [5.74, 6) is 0. The van der Waals surface area contributed by atoms with Gasteiger partial charge < -0.3 is 0 Å². The van der Waals surface area contributed by atoms with Crippen molar-refractivity contribution in [2.45, 2.75) is 23.8 Å². The monoisotopic (exact) mass is 323 g/mol.